The summed E-state index contributed by atoms with van der Waals surface area (Å²) in [6.07, 6.45) is -1.60. The SMILES string of the molecule is CCOC(=O)c1nnc(-c2cccc(C(F)(F)F)c2)nc1Oc1ccncc1. The molecule has 0 amide bonds. The molecule has 0 spiro atoms. The van der Waals surface area contributed by atoms with Gasteiger partial charge in [-0.1, -0.05) is 12.1 Å². The molecule has 0 saturated heterocycles. The normalized spacial score (nSPS) is 11.1. The Morgan fingerprint density at radius 2 is 1.86 bits per heavy atom. The number of halogens is 3. The van der Waals surface area contributed by atoms with Gasteiger partial charge in [0.15, 0.2) is 5.82 Å². The van der Waals surface area contributed by atoms with E-state index in [0.29, 0.717) is 5.75 Å². The average molecular weight is 390 g/mol. The van der Waals surface area contributed by atoms with Crippen molar-refractivity contribution >= 4 is 5.97 Å². The highest BCUT2D eigenvalue weighted by Gasteiger charge is 2.31. The molecule has 2 heterocycles. The maximum Gasteiger partial charge on any atom is 0.416 e. The third-order valence-corrected chi connectivity index (χ3v) is 3.44. The van der Waals surface area contributed by atoms with E-state index in [4.69, 9.17) is 9.47 Å². The highest BCUT2D eigenvalue weighted by Crippen LogP contribution is 2.32. The Morgan fingerprint density at radius 3 is 2.54 bits per heavy atom. The van der Waals surface area contributed by atoms with Crippen LogP contribution in [0.2, 0.25) is 0 Å². The lowest BCUT2D eigenvalue weighted by Crippen LogP contribution is -2.12. The quantitative estimate of drug-likeness (QED) is 0.610. The third-order valence-electron chi connectivity index (χ3n) is 3.44. The summed E-state index contributed by atoms with van der Waals surface area (Å²) in [4.78, 5) is 20.0. The Hall–Kier alpha value is -3.56. The summed E-state index contributed by atoms with van der Waals surface area (Å²) >= 11 is 0. The molecule has 0 aliphatic carbocycles. The fraction of sp³-hybridized carbons (Fsp3) is 0.167. The highest BCUT2D eigenvalue weighted by molar-refractivity contribution is 5.89. The Balaban J connectivity index is 2.04. The van der Waals surface area contributed by atoms with Crippen molar-refractivity contribution in [2.24, 2.45) is 0 Å². The first-order valence-electron chi connectivity index (χ1n) is 8.06. The van der Waals surface area contributed by atoms with Crippen LogP contribution in [0.25, 0.3) is 11.4 Å². The molecule has 0 bridgehead atoms. The Labute approximate surface area is 157 Å². The average Bonchev–Trinajstić information content (AvgIpc) is 2.68. The van der Waals surface area contributed by atoms with Crippen molar-refractivity contribution in [1.82, 2.24) is 20.2 Å². The van der Waals surface area contributed by atoms with E-state index in [1.54, 1.807) is 6.92 Å². The molecule has 2 aromatic heterocycles. The number of hydrogen-bond acceptors (Lipinski definition) is 7. The number of nitrogens with zero attached hydrogens (tertiary/aromatic N) is 4. The minimum atomic E-state index is -4.52. The molecule has 0 fully saturated rings. The predicted octanol–water partition coefficient (Wildman–Crippen LogP) is 3.92. The maximum absolute atomic E-state index is 13.0. The van der Waals surface area contributed by atoms with Gasteiger partial charge in [-0.15, -0.1) is 10.2 Å². The first kappa shape index (κ1) is 19.2. The predicted molar refractivity (Wildman–Crippen MR) is 90.5 cm³/mol. The van der Waals surface area contributed by atoms with Gasteiger partial charge in [0.2, 0.25) is 5.69 Å². The minimum absolute atomic E-state index is 0.0670. The maximum atomic E-state index is 13.0. The monoisotopic (exact) mass is 390 g/mol. The van der Waals surface area contributed by atoms with Crippen LogP contribution in [0.3, 0.4) is 0 Å². The molecule has 7 nitrogen and oxygen atoms in total. The number of aromatic nitrogens is 4. The minimum Gasteiger partial charge on any atom is -0.461 e. The second kappa shape index (κ2) is 7.99. The number of rotatable bonds is 5. The molecule has 0 N–H and O–H groups in total. The molecule has 3 rings (SSSR count). The summed E-state index contributed by atoms with van der Waals surface area (Å²) in [6, 6.07) is 7.47. The molecule has 0 radical (unpaired) electrons. The fourth-order valence-electron chi connectivity index (χ4n) is 2.19. The lowest BCUT2D eigenvalue weighted by atomic mass is 10.1. The second-order valence-electron chi connectivity index (χ2n) is 5.37. The molecule has 1 aromatic carbocycles. The van der Waals surface area contributed by atoms with Crippen LogP contribution in [0.1, 0.15) is 23.0 Å². The summed E-state index contributed by atoms with van der Waals surface area (Å²) in [7, 11) is 0. The highest BCUT2D eigenvalue weighted by atomic mass is 19.4. The standard InChI is InChI=1S/C18H13F3N4O3/c1-2-27-17(26)14-16(28-13-6-8-22-9-7-13)23-15(25-24-14)11-4-3-5-12(10-11)18(19,20)21/h3-10H,2H2,1H3. The van der Waals surface area contributed by atoms with Gasteiger partial charge in [0.25, 0.3) is 5.88 Å². The van der Waals surface area contributed by atoms with E-state index in [-0.39, 0.29) is 29.6 Å². The van der Waals surface area contributed by atoms with Crippen LogP contribution in [0.4, 0.5) is 13.2 Å². The van der Waals surface area contributed by atoms with E-state index in [1.807, 2.05) is 0 Å². The number of carbonyl (C=O) groups is 1. The number of benzene rings is 1. The molecule has 10 heteroatoms. The number of ether oxygens (including phenoxy) is 2. The Bertz CT molecular complexity index is 981. The van der Waals surface area contributed by atoms with E-state index < -0.39 is 17.7 Å². The van der Waals surface area contributed by atoms with Crippen LogP contribution in [-0.4, -0.2) is 32.7 Å². The molecule has 144 valence electrons. The topological polar surface area (TPSA) is 87.1 Å². The van der Waals surface area contributed by atoms with Crippen molar-refractivity contribution in [1.29, 1.82) is 0 Å². The van der Waals surface area contributed by atoms with E-state index in [2.05, 4.69) is 20.2 Å². The molecule has 0 aliphatic rings. The van der Waals surface area contributed by atoms with Crippen molar-refractivity contribution in [2.75, 3.05) is 6.61 Å². The van der Waals surface area contributed by atoms with Gasteiger partial charge in [0.05, 0.1) is 12.2 Å². The van der Waals surface area contributed by atoms with Crippen LogP contribution in [0.5, 0.6) is 11.6 Å². The van der Waals surface area contributed by atoms with Gasteiger partial charge in [-0.2, -0.15) is 18.2 Å². The molecule has 0 atom stereocenters. The third kappa shape index (κ3) is 4.40. The summed E-state index contributed by atoms with van der Waals surface area (Å²) in [6.45, 7) is 1.70. The van der Waals surface area contributed by atoms with Crippen LogP contribution in [-0.2, 0) is 10.9 Å². The molecule has 0 unspecified atom stereocenters. The summed E-state index contributed by atoms with van der Waals surface area (Å²) < 4.78 is 49.3. The van der Waals surface area contributed by atoms with Gasteiger partial charge in [-0.05, 0) is 31.2 Å². The van der Waals surface area contributed by atoms with Crippen molar-refractivity contribution in [3.8, 4) is 23.0 Å². The smallest absolute Gasteiger partial charge is 0.416 e. The zero-order valence-electron chi connectivity index (χ0n) is 14.5. The molecule has 3 aromatic rings. The summed E-state index contributed by atoms with van der Waals surface area (Å²) in [5.74, 6) is -0.895. The fourth-order valence-corrected chi connectivity index (χ4v) is 2.19. The molecular formula is C18H13F3N4O3. The van der Waals surface area contributed by atoms with Gasteiger partial charge >= 0.3 is 12.1 Å². The number of alkyl halides is 3. The molecule has 28 heavy (non-hydrogen) atoms. The largest absolute Gasteiger partial charge is 0.461 e. The zero-order chi connectivity index (χ0) is 20.1. The van der Waals surface area contributed by atoms with Gasteiger partial charge in [-0.25, -0.2) is 4.79 Å². The second-order valence-corrected chi connectivity index (χ2v) is 5.37. The number of pyridine rings is 1. The van der Waals surface area contributed by atoms with Crippen molar-refractivity contribution in [3.05, 3.63) is 60.0 Å². The summed E-state index contributed by atoms with van der Waals surface area (Å²) in [5.41, 5.74) is -1.09. The number of hydrogen-bond donors (Lipinski definition) is 0. The van der Waals surface area contributed by atoms with Gasteiger partial charge in [-0.3, -0.25) is 4.98 Å². The van der Waals surface area contributed by atoms with Gasteiger partial charge in [0.1, 0.15) is 5.75 Å². The van der Waals surface area contributed by atoms with E-state index in [9.17, 15) is 18.0 Å². The molecule has 0 aliphatic heterocycles. The summed E-state index contributed by atoms with van der Waals surface area (Å²) in [5, 5.41) is 7.51. The first-order valence-corrected chi connectivity index (χ1v) is 8.06. The lowest BCUT2D eigenvalue weighted by Gasteiger charge is -2.11. The van der Waals surface area contributed by atoms with Crippen molar-refractivity contribution in [2.45, 2.75) is 13.1 Å². The van der Waals surface area contributed by atoms with Crippen molar-refractivity contribution in [3.63, 3.8) is 0 Å². The Morgan fingerprint density at radius 1 is 1.11 bits per heavy atom. The molecule has 0 saturated carbocycles. The number of esters is 1. The Kier molecular flexibility index (Phi) is 5.48. The van der Waals surface area contributed by atoms with E-state index >= 15 is 0 Å². The van der Waals surface area contributed by atoms with E-state index in [0.717, 1.165) is 12.1 Å². The zero-order valence-corrected chi connectivity index (χ0v) is 14.5. The van der Waals surface area contributed by atoms with Crippen LogP contribution >= 0.6 is 0 Å². The van der Waals surface area contributed by atoms with Crippen molar-refractivity contribution < 1.29 is 27.4 Å². The lowest BCUT2D eigenvalue weighted by molar-refractivity contribution is -0.137. The van der Waals surface area contributed by atoms with Gasteiger partial charge in [0, 0.05) is 18.0 Å². The van der Waals surface area contributed by atoms with E-state index in [1.165, 1.54) is 36.7 Å². The van der Waals surface area contributed by atoms with Crippen LogP contribution < -0.4 is 4.74 Å². The van der Waals surface area contributed by atoms with Crippen LogP contribution in [0.15, 0.2) is 48.8 Å². The number of carbonyl (C=O) groups excluding carboxylic acids is 1. The van der Waals surface area contributed by atoms with Crippen LogP contribution in [0, 0.1) is 0 Å². The molecular weight excluding hydrogens is 377 g/mol. The van der Waals surface area contributed by atoms with Gasteiger partial charge < -0.3 is 9.47 Å². The first-order chi connectivity index (χ1) is 13.4.